The summed E-state index contributed by atoms with van der Waals surface area (Å²) >= 11 is 0. The number of hydrogen-bond acceptors (Lipinski definition) is 4. The minimum Gasteiger partial charge on any atom is -0.423 e. The molecule has 1 aromatic rings. The van der Waals surface area contributed by atoms with E-state index in [0.29, 0.717) is 5.46 Å². The lowest BCUT2D eigenvalue weighted by atomic mass is 9.76. The molecule has 0 heterocycles. The Morgan fingerprint density at radius 2 is 1.50 bits per heavy atom. The number of hydrogen-bond donors (Lipinski definition) is 2. The fraction of sp³-hybridized carbons (Fsp3) is 0.588. The maximum atomic E-state index is 10.2. The van der Waals surface area contributed by atoms with Gasteiger partial charge in [-0.3, -0.25) is 4.99 Å². The van der Waals surface area contributed by atoms with Gasteiger partial charge >= 0.3 is 7.12 Å². The van der Waals surface area contributed by atoms with Crippen molar-refractivity contribution in [2.75, 3.05) is 0 Å². The van der Waals surface area contributed by atoms with Crippen molar-refractivity contribution < 1.29 is 14.8 Å². The molecule has 0 aliphatic heterocycles. The highest BCUT2D eigenvalue weighted by molar-refractivity contribution is 6.60. The predicted octanol–water partition coefficient (Wildman–Crippen LogP) is 2.16. The first-order valence-corrected chi connectivity index (χ1v) is 7.55. The highest BCUT2D eigenvalue weighted by Gasteiger charge is 2.39. The zero-order chi connectivity index (χ0) is 17.2. The van der Waals surface area contributed by atoms with Gasteiger partial charge in [-0.15, -0.1) is 0 Å². The van der Waals surface area contributed by atoms with E-state index in [2.05, 4.69) is 4.99 Å². The van der Waals surface area contributed by atoms with Crippen LogP contribution in [0.1, 0.15) is 54.0 Å². The summed E-state index contributed by atoms with van der Waals surface area (Å²) in [6, 6.07) is 7.37. The summed E-state index contributed by atoms with van der Waals surface area (Å²) < 4.78 is 5.61. The average Bonchev–Trinajstić information content (AvgIpc) is 2.34. The molecule has 122 valence electrons. The van der Waals surface area contributed by atoms with E-state index in [0.717, 1.165) is 5.56 Å². The maximum absolute atomic E-state index is 10.2. The van der Waals surface area contributed by atoms with Crippen LogP contribution in [0.3, 0.4) is 0 Å². The fourth-order valence-corrected chi connectivity index (χ4v) is 1.51. The van der Waals surface area contributed by atoms with Gasteiger partial charge in [-0.1, -0.05) is 24.3 Å². The molecule has 0 fully saturated rings. The molecule has 0 aliphatic carbocycles. The summed E-state index contributed by atoms with van der Waals surface area (Å²) in [6.07, 6.45) is 1.82. The summed E-state index contributed by atoms with van der Waals surface area (Å²) in [7, 11) is -1.09. The van der Waals surface area contributed by atoms with E-state index in [1.165, 1.54) is 0 Å². The van der Waals surface area contributed by atoms with Gasteiger partial charge in [0.1, 0.15) is 0 Å². The minimum atomic E-state index is -1.09. The Kier molecular flexibility index (Phi) is 5.60. The Hall–Kier alpha value is -1.17. The molecule has 4 nitrogen and oxygen atoms in total. The van der Waals surface area contributed by atoms with Crippen LogP contribution in [0.15, 0.2) is 29.3 Å². The molecule has 0 aromatic heterocycles. The molecule has 0 amide bonds. The second-order valence-corrected chi connectivity index (χ2v) is 7.64. The first-order valence-electron chi connectivity index (χ1n) is 7.55. The van der Waals surface area contributed by atoms with Crippen LogP contribution in [-0.2, 0) is 4.65 Å². The Morgan fingerprint density at radius 1 is 1.00 bits per heavy atom. The van der Waals surface area contributed by atoms with Gasteiger partial charge in [0, 0.05) is 6.21 Å². The number of aliphatic hydroxyl groups is 1. The van der Waals surface area contributed by atoms with Crippen LogP contribution in [0.25, 0.3) is 0 Å². The lowest BCUT2D eigenvalue weighted by Crippen LogP contribution is -2.53. The van der Waals surface area contributed by atoms with Crippen molar-refractivity contribution in [3.05, 3.63) is 29.8 Å². The molecule has 5 heteroatoms. The minimum absolute atomic E-state index is 0.113. The standard InChI is InChI=1S/C17H28BNO3/c1-15(2,3)19-12-13-8-10-14(11-9-13)18(21)22-17(6,7)16(4,5)20/h8-12,20-21H,1-7H3. The molecular weight excluding hydrogens is 277 g/mol. The monoisotopic (exact) mass is 305 g/mol. The smallest absolute Gasteiger partial charge is 0.423 e. The SMILES string of the molecule is CC(C)(C)N=Cc1ccc(B(O)OC(C)(C)C(C)(C)O)cc1. The van der Waals surface area contributed by atoms with Crippen LogP contribution < -0.4 is 5.46 Å². The number of benzene rings is 1. The van der Waals surface area contributed by atoms with Crippen LogP contribution in [0.4, 0.5) is 0 Å². The third-order valence-electron chi connectivity index (χ3n) is 3.70. The topological polar surface area (TPSA) is 62.1 Å². The number of rotatable bonds is 5. The highest BCUT2D eigenvalue weighted by Crippen LogP contribution is 2.25. The molecule has 0 unspecified atom stereocenters. The predicted molar refractivity (Wildman–Crippen MR) is 92.9 cm³/mol. The van der Waals surface area contributed by atoms with E-state index < -0.39 is 18.3 Å². The van der Waals surface area contributed by atoms with Crippen LogP contribution in [-0.4, -0.2) is 40.2 Å². The Morgan fingerprint density at radius 3 is 1.91 bits per heavy atom. The number of nitrogens with zero attached hydrogens (tertiary/aromatic N) is 1. The highest BCUT2D eigenvalue weighted by atomic mass is 16.5. The molecule has 0 aliphatic rings. The molecule has 0 saturated heterocycles. The third-order valence-corrected chi connectivity index (χ3v) is 3.70. The zero-order valence-corrected chi connectivity index (χ0v) is 14.7. The van der Waals surface area contributed by atoms with Crippen LogP contribution in [0.5, 0.6) is 0 Å². The van der Waals surface area contributed by atoms with Crippen molar-refractivity contribution in [2.45, 2.75) is 65.2 Å². The van der Waals surface area contributed by atoms with E-state index in [1.807, 2.05) is 39.1 Å². The molecule has 0 saturated carbocycles. The van der Waals surface area contributed by atoms with Gasteiger partial charge in [0.05, 0.1) is 16.7 Å². The van der Waals surface area contributed by atoms with Crippen molar-refractivity contribution in [2.24, 2.45) is 4.99 Å². The van der Waals surface area contributed by atoms with E-state index in [-0.39, 0.29) is 5.54 Å². The second-order valence-electron chi connectivity index (χ2n) is 7.64. The zero-order valence-electron chi connectivity index (χ0n) is 14.7. The lowest BCUT2D eigenvalue weighted by Gasteiger charge is -2.38. The molecule has 1 rings (SSSR count). The summed E-state index contributed by atoms with van der Waals surface area (Å²) in [5, 5.41) is 20.3. The molecular formula is C17H28BNO3. The van der Waals surface area contributed by atoms with E-state index in [1.54, 1.807) is 39.8 Å². The first kappa shape index (κ1) is 18.9. The largest absolute Gasteiger partial charge is 0.491 e. The van der Waals surface area contributed by atoms with Crippen LogP contribution in [0, 0.1) is 0 Å². The van der Waals surface area contributed by atoms with Crippen molar-refractivity contribution in [1.82, 2.24) is 0 Å². The number of aliphatic imine (C=N–C) groups is 1. The van der Waals surface area contributed by atoms with Gasteiger partial charge in [-0.25, -0.2) is 0 Å². The molecule has 22 heavy (non-hydrogen) atoms. The van der Waals surface area contributed by atoms with Crippen LogP contribution in [0.2, 0.25) is 0 Å². The summed E-state index contributed by atoms with van der Waals surface area (Å²) in [5.74, 6) is 0. The van der Waals surface area contributed by atoms with E-state index >= 15 is 0 Å². The van der Waals surface area contributed by atoms with Gasteiger partial charge in [-0.05, 0) is 59.5 Å². The van der Waals surface area contributed by atoms with Gasteiger partial charge in [0.2, 0.25) is 0 Å². The molecule has 0 bridgehead atoms. The van der Waals surface area contributed by atoms with E-state index in [9.17, 15) is 10.1 Å². The van der Waals surface area contributed by atoms with Crippen molar-refractivity contribution >= 4 is 18.8 Å². The third kappa shape index (κ3) is 5.56. The molecule has 0 radical (unpaired) electrons. The van der Waals surface area contributed by atoms with Gasteiger partial charge in [-0.2, -0.15) is 0 Å². The van der Waals surface area contributed by atoms with Gasteiger partial charge in [0.15, 0.2) is 0 Å². The summed E-state index contributed by atoms with van der Waals surface area (Å²) in [5.41, 5.74) is -0.442. The Bertz CT molecular complexity index is 510. The summed E-state index contributed by atoms with van der Waals surface area (Å²) in [4.78, 5) is 4.44. The quantitative estimate of drug-likeness (QED) is 0.647. The van der Waals surface area contributed by atoms with Crippen molar-refractivity contribution in [1.29, 1.82) is 0 Å². The molecule has 1 aromatic carbocycles. The average molecular weight is 305 g/mol. The van der Waals surface area contributed by atoms with Crippen molar-refractivity contribution in [3.63, 3.8) is 0 Å². The lowest BCUT2D eigenvalue weighted by molar-refractivity contribution is -0.0982. The summed E-state index contributed by atoms with van der Waals surface area (Å²) in [6.45, 7) is 12.9. The molecule has 2 N–H and O–H groups in total. The Balaban J connectivity index is 2.81. The first-order chi connectivity index (χ1) is 9.82. The fourth-order valence-electron chi connectivity index (χ4n) is 1.51. The van der Waals surface area contributed by atoms with Crippen molar-refractivity contribution in [3.8, 4) is 0 Å². The molecule has 0 spiro atoms. The van der Waals surface area contributed by atoms with Gasteiger partial charge in [0.25, 0.3) is 0 Å². The second kappa shape index (κ2) is 6.53. The molecule has 0 atom stereocenters. The maximum Gasteiger partial charge on any atom is 0.491 e. The van der Waals surface area contributed by atoms with Gasteiger partial charge < -0.3 is 14.8 Å². The normalized spacial score (nSPS) is 13.7. The Labute approximate surface area is 134 Å². The van der Waals surface area contributed by atoms with Crippen LogP contribution >= 0.6 is 0 Å². The van der Waals surface area contributed by atoms with E-state index in [4.69, 9.17) is 4.65 Å².